The molecule has 10 heteroatoms. The van der Waals surface area contributed by atoms with E-state index in [0.29, 0.717) is 5.82 Å². The van der Waals surface area contributed by atoms with Gasteiger partial charge in [0.15, 0.2) is 11.6 Å². The van der Waals surface area contributed by atoms with Gasteiger partial charge < -0.3 is 4.18 Å². The fourth-order valence-electron chi connectivity index (χ4n) is 1.58. The minimum atomic E-state index is -5.17. The molecule has 0 saturated heterocycles. The number of pyridine rings is 1. The second-order valence-electron chi connectivity index (χ2n) is 4.10. The first-order valence-electron chi connectivity index (χ1n) is 5.63. The van der Waals surface area contributed by atoms with Crippen LogP contribution in [-0.2, 0) is 17.6 Å². The van der Waals surface area contributed by atoms with Gasteiger partial charge in [0, 0.05) is 32.6 Å². The first-order chi connectivity index (χ1) is 9.76. The van der Waals surface area contributed by atoms with E-state index in [9.17, 15) is 17.1 Å². The van der Waals surface area contributed by atoms with Gasteiger partial charge in [0.1, 0.15) is 0 Å². The molecule has 0 bridgehead atoms. The van der Waals surface area contributed by atoms with E-state index < -0.39 is 22.2 Å². The molecular weight excluding hydrogens is 303 g/mol. The molecule has 0 aromatic carbocycles. The number of carbonyl (C=O) groups is 1. The van der Waals surface area contributed by atoms with Gasteiger partial charge in [-0.1, -0.05) is 3.89 Å². The highest BCUT2D eigenvalue weighted by Crippen LogP contribution is 2.17. The van der Waals surface area contributed by atoms with Gasteiger partial charge in [0.25, 0.3) is 5.91 Å². The first kappa shape index (κ1) is 14.9. The van der Waals surface area contributed by atoms with Crippen molar-refractivity contribution in [1.29, 1.82) is 0 Å². The van der Waals surface area contributed by atoms with Crippen molar-refractivity contribution in [2.45, 2.75) is 0 Å². The summed E-state index contributed by atoms with van der Waals surface area (Å²) in [6.45, 7) is 0. The highest BCUT2D eigenvalue weighted by atomic mass is 32.3. The molecule has 0 fully saturated rings. The summed E-state index contributed by atoms with van der Waals surface area (Å²) in [5, 5.41) is 4.05. The molecule has 0 unspecified atom stereocenters. The lowest BCUT2D eigenvalue weighted by Gasteiger charge is -2.14. The summed E-state index contributed by atoms with van der Waals surface area (Å²) >= 11 is 0. The average Bonchev–Trinajstić information content (AvgIpc) is 2.82. The molecule has 0 spiro atoms. The zero-order valence-electron chi connectivity index (χ0n) is 11.1. The number of amides is 1. The Morgan fingerprint density at radius 3 is 2.71 bits per heavy atom. The summed E-state index contributed by atoms with van der Waals surface area (Å²) in [6.07, 6.45) is 3.85. The zero-order valence-corrected chi connectivity index (χ0v) is 11.9. The third kappa shape index (κ3) is 3.75. The summed E-state index contributed by atoms with van der Waals surface area (Å²) in [5.74, 6) is -0.493. The number of rotatable bonds is 4. The van der Waals surface area contributed by atoms with Gasteiger partial charge in [-0.15, -0.1) is 0 Å². The molecule has 0 aliphatic carbocycles. The molecule has 21 heavy (non-hydrogen) atoms. The van der Waals surface area contributed by atoms with E-state index in [1.807, 2.05) is 0 Å². The Morgan fingerprint density at radius 1 is 1.43 bits per heavy atom. The van der Waals surface area contributed by atoms with Crippen molar-refractivity contribution in [3.63, 3.8) is 0 Å². The SMILES string of the molecule is CN(C(=O)c1cncc(OS(=O)(=O)F)c1)c1ccn(C)n1. The summed E-state index contributed by atoms with van der Waals surface area (Å²) in [5.41, 5.74) is 0.0318. The first-order valence-corrected chi connectivity index (χ1v) is 6.94. The molecule has 0 N–H and O–H groups in total. The van der Waals surface area contributed by atoms with Gasteiger partial charge in [-0.2, -0.15) is 13.5 Å². The third-order valence-electron chi connectivity index (χ3n) is 2.50. The maximum Gasteiger partial charge on any atom is 0.488 e. The van der Waals surface area contributed by atoms with Crippen LogP contribution >= 0.6 is 0 Å². The lowest BCUT2D eigenvalue weighted by atomic mass is 10.2. The molecule has 1 amide bonds. The van der Waals surface area contributed by atoms with Crippen molar-refractivity contribution in [3.05, 3.63) is 36.3 Å². The predicted octanol–water partition coefficient (Wildman–Crippen LogP) is 0.685. The molecule has 0 aliphatic rings. The smallest absolute Gasteiger partial charge is 0.357 e. The normalized spacial score (nSPS) is 11.2. The second kappa shape index (κ2) is 5.48. The molecule has 2 heterocycles. The van der Waals surface area contributed by atoms with Gasteiger partial charge in [0.05, 0.1) is 11.8 Å². The Labute approximate surface area is 120 Å². The number of hydrogen-bond acceptors (Lipinski definition) is 6. The van der Waals surface area contributed by atoms with Crippen LogP contribution in [0.5, 0.6) is 5.75 Å². The number of anilines is 1. The minimum Gasteiger partial charge on any atom is -0.357 e. The Bertz CT molecular complexity index is 774. The van der Waals surface area contributed by atoms with Crippen molar-refractivity contribution in [2.24, 2.45) is 7.05 Å². The number of hydrogen-bond donors (Lipinski definition) is 0. The number of aromatic nitrogens is 3. The molecule has 8 nitrogen and oxygen atoms in total. The zero-order chi connectivity index (χ0) is 15.6. The number of carbonyl (C=O) groups excluding carboxylic acids is 1. The average molecular weight is 314 g/mol. The van der Waals surface area contributed by atoms with Crippen molar-refractivity contribution in [3.8, 4) is 5.75 Å². The summed E-state index contributed by atoms with van der Waals surface area (Å²) in [7, 11) is -1.98. The molecule has 0 atom stereocenters. The second-order valence-corrected chi connectivity index (χ2v) is 5.05. The van der Waals surface area contributed by atoms with Crippen LogP contribution in [0.4, 0.5) is 9.70 Å². The van der Waals surface area contributed by atoms with Crippen molar-refractivity contribution in [1.82, 2.24) is 14.8 Å². The predicted molar refractivity (Wildman–Crippen MR) is 70.8 cm³/mol. The van der Waals surface area contributed by atoms with Gasteiger partial charge in [-0.05, 0) is 6.07 Å². The summed E-state index contributed by atoms with van der Waals surface area (Å²) < 4.78 is 38.8. The Balaban J connectivity index is 2.25. The van der Waals surface area contributed by atoms with Crippen LogP contribution in [0.2, 0.25) is 0 Å². The van der Waals surface area contributed by atoms with E-state index in [4.69, 9.17) is 0 Å². The lowest BCUT2D eigenvalue weighted by Crippen LogP contribution is -2.27. The van der Waals surface area contributed by atoms with Gasteiger partial charge in [0.2, 0.25) is 0 Å². The van der Waals surface area contributed by atoms with E-state index in [-0.39, 0.29) is 5.56 Å². The summed E-state index contributed by atoms with van der Waals surface area (Å²) in [4.78, 5) is 17.1. The number of nitrogens with zero attached hydrogens (tertiary/aromatic N) is 4. The van der Waals surface area contributed by atoms with E-state index in [1.54, 1.807) is 19.3 Å². The Kier molecular flexibility index (Phi) is 3.89. The van der Waals surface area contributed by atoms with E-state index >= 15 is 0 Å². The Hall–Kier alpha value is -2.49. The summed E-state index contributed by atoms with van der Waals surface area (Å²) in [6, 6.07) is 2.70. The molecule has 2 rings (SSSR count). The number of aryl methyl sites for hydroxylation is 1. The van der Waals surface area contributed by atoms with E-state index in [1.165, 1.54) is 22.8 Å². The fraction of sp³-hybridized carbons (Fsp3) is 0.182. The molecule has 0 aliphatic heterocycles. The monoisotopic (exact) mass is 314 g/mol. The van der Waals surface area contributed by atoms with Crippen LogP contribution in [0.1, 0.15) is 10.4 Å². The van der Waals surface area contributed by atoms with Gasteiger partial charge in [-0.25, -0.2) is 0 Å². The molecule has 0 saturated carbocycles. The van der Waals surface area contributed by atoms with Crippen molar-refractivity contribution in [2.75, 3.05) is 11.9 Å². The molecular formula is C11H11FN4O4S. The van der Waals surface area contributed by atoms with Crippen molar-refractivity contribution < 1.29 is 21.3 Å². The quantitative estimate of drug-likeness (QED) is 0.770. The van der Waals surface area contributed by atoms with Gasteiger partial charge in [-0.3, -0.25) is 19.4 Å². The highest BCUT2D eigenvalue weighted by molar-refractivity contribution is 7.81. The molecule has 2 aromatic heterocycles. The van der Waals surface area contributed by atoms with Crippen LogP contribution in [0.15, 0.2) is 30.7 Å². The van der Waals surface area contributed by atoms with Crippen molar-refractivity contribution >= 4 is 22.2 Å². The van der Waals surface area contributed by atoms with Gasteiger partial charge >= 0.3 is 10.5 Å². The Morgan fingerprint density at radius 2 is 2.14 bits per heavy atom. The molecule has 0 radical (unpaired) electrons. The van der Waals surface area contributed by atoms with E-state index in [0.717, 1.165) is 12.3 Å². The fourth-order valence-corrected chi connectivity index (χ4v) is 1.90. The van der Waals surface area contributed by atoms with Crippen LogP contribution in [-0.4, -0.2) is 36.1 Å². The van der Waals surface area contributed by atoms with E-state index in [2.05, 4.69) is 14.3 Å². The van der Waals surface area contributed by atoms with Crippen LogP contribution in [0, 0.1) is 0 Å². The largest absolute Gasteiger partial charge is 0.488 e. The van der Waals surface area contributed by atoms with Crippen LogP contribution in [0.25, 0.3) is 0 Å². The maximum absolute atomic E-state index is 12.4. The van der Waals surface area contributed by atoms with Crippen LogP contribution in [0.3, 0.4) is 0 Å². The molecule has 2 aromatic rings. The van der Waals surface area contributed by atoms with Crippen LogP contribution < -0.4 is 9.08 Å². The topological polar surface area (TPSA) is 94.4 Å². The third-order valence-corrected chi connectivity index (χ3v) is 2.90. The molecule has 112 valence electrons. The number of halogens is 1. The lowest BCUT2D eigenvalue weighted by molar-refractivity contribution is 0.0991. The highest BCUT2D eigenvalue weighted by Gasteiger charge is 2.18. The maximum atomic E-state index is 12.4. The standard InChI is InChI=1S/C11H11FN4O4S/c1-15-4-3-10(14-15)16(2)11(17)8-5-9(7-13-6-8)20-21(12,18)19/h3-7H,1-2H3. The minimum absolute atomic E-state index is 0.0318.